The average Bonchev–Trinajstić information content (AvgIpc) is 3.19. The van der Waals surface area contributed by atoms with E-state index in [-0.39, 0.29) is 0 Å². The summed E-state index contributed by atoms with van der Waals surface area (Å²) in [6.45, 7) is 3.05. The molecule has 0 unspecified atom stereocenters. The van der Waals surface area contributed by atoms with Gasteiger partial charge < -0.3 is 14.8 Å². The summed E-state index contributed by atoms with van der Waals surface area (Å²) in [7, 11) is 0. The summed E-state index contributed by atoms with van der Waals surface area (Å²) >= 11 is 0. The first-order chi connectivity index (χ1) is 13.0. The van der Waals surface area contributed by atoms with Gasteiger partial charge in [0.2, 0.25) is 5.95 Å². The molecule has 1 fully saturated rings. The van der Waals surface area contributed by atoms with E-state index >= 15 is 0 Å². The van der Waals surface area contributed by atoms with Gasteiger partial charge >= 0.3 is 6.18 Å². The fraction of sp³-hybridized carbons (Fsp3) is 0.278. The molecule has 0 radical (unpaired) electrons. The van der Waals surface area contributed by atoms with Crippen LogP contribution in [-0.2, 0) is 6.18 Å². The lowest BCUT2D eigenvalue weighted by atomic mass is 10.1. The fourth-order valence-corrected chi connectivity index (χ4v) is 3.11. The number of H-pyrrole nitrogens is 1. The minimum atomic E-state index is -4.36. The smallest absolute Gasteiger partial charge is 0.365 e. The summed E-state index contributed by atoms with van der Waals surface area (Å²) in [6, 6.07) is 5.23. The van der Waals surface area contributed by atoms with Crippen LogP contribution in [0.15, 0.2) is 49.2 Å². The van der Waals surface area contributed by atoms with E-state index in [1.807, 2.05) is 0 Å². The van der Waals surface area contributed by atoms with E-state index in [9.17, 15) is 13.2 Å². The number of halogens is 3. The van der Waals surface area contributed by atoms with Crippen LogP contribution in [0.4, 0.5) is 24.8 Å². The van der Waals surface area contributed by atoms with Crippen molar-refractivity contribution < 1.29 is 13.2 Å². The Labute approximate surface area is 153 Å². The van der Waals surface area contributed by atoms with E-state index in [4.69, 9.17) is 0 Å². The number of nitrogens with zero attached hydrogens (tertiary/aromatic N) is 5. The number of benzene rings is 1. The van der Waals surface area contributed by atoms with Crippen molar-refractivity contribution in [3.8, 4) is 11.3 Å². The number of aromatic nitrogens is 4. The predicted octanol–water partition coefficient (Wildman–Crippen LogP) is 3.21. The normalized spacial score (nSPS) is 15.2. The Bertz CT molecular complexity index is 901. The summed E-state index contributed by atoms with van der Waals surface area (Å²) < 4.78 is 38.7. The highest BCUT2D eigenvalue weighted by Gasteiger charge is 2.30. The van der Waals surface area contributed by atoms with Crippen LogP contribution in [-0.4, -0.2) is 46.1 Å². The molecule has 2 aromatic heterocycles. The summed E-state index contributed by atoms with van der Waals surface area (Å²) in [5, 5.41) is 0. The van der Waals surface area contributed by atoms with Crippen molar-refractivity contribution in [1.82, 2.24) is 19.9 Å². The molecule has 9 heteroatoms. The molecule has 1 aromatic carbocycles. The largest absolute Gasteiger partial charge is 0.416 e. The van der Waals surface area contributed by atoms with Crippen molar-refractivity contribution in [3.63, 3.8) is 0 Å². The number of alkyl halides is 3. The van der Waals surface area contributed by atoms with Crippen LogP contribution in [0.2, 0.25) is 0 Å². The minimum absolute atomic E-state index is 0.462. The quantitative estimate of drug-likeness (QED) is 0.763. The van der Waals surface area contributed by atoms with E-state index in [1.54, 1.807) is 24.7 Å². The van der Waals surface area contributed by atoms with Gasteiger partial charge in [0.25, 0.3) is 0 Å². The second-order valence-electron chi connectivity index (χ2n) is 6.27. The second kappa shape index (κ2) is 6.90. The van der Waals surface area contributed by atoms with E-state index < -0.39 is 11.7 Å². The molecule has 1 saturated heterocycles. The van der Waals surface area contributed by atoms with E-state index in [1.165, 1.54) is 12.4 Å². The Hall–Kier alpha value is -3.10. The first-order valence-corrected chi connectivity index (χ1v) is 8.48. The fourth-order valence-electron chi connectivity index (χ4n) is 3.11. The molecule has 0 aliphatic carbocycles. The number of rotatable bonds is 3. The van der Waals surface area contributed by atoms with Gasteiger partial charge in [0.15, 0.2) is 0 Å². The Morgan fingerprint density at radius 1 is 0.926 bits per heavy atom. The lowest BCUT2D eigenvalue weighted by molar-refractivity contribution is -0.137. The Balaban J connectivity index is 1.46. The van der Waals surface area contributed by atoms with Crippen molar-refractivity contribution in [1.29, 1.82) is 0 Å². The van der Waals surface area contributed by atoms with Crippen molar-refractivity contribution in [2.75, 3.05) is 36.0 Å². The summed E-state index contributed by atoms with van der Waals surface area (Å²) in [5.41, 5.74) is 1.33. The van der Waals surface area contributed by atoms with Gasteiger partial charge in [-0.1, -0.05) is 12.1 Å². The maximum atomic E-state index is 12.9. The summed E-state index contributed by atoms with van der Waals surface area (Å²) in [5.74, 6) is 0.659. The van der Waals surface area contributed by atoms with Crippen molar-refractivity contribution in [3.05, 3.63) is 54.7 Å². The minimum Gasteiger partial charge on any atom is -0.365 e. The van der Waals surface area contributed by atoms with Crippen LogP contribution < -0.4 is 9.80 Å². The van der Waals surface area contributed by atoms with Crippen LogP contribution in [0.1, 0.15) is 5.56 Å². The molecular formula is C18H17F3N6. The lowest BCUT2D eigenvalue weighted by Crippen LogP contribution is -2.47. The maximum absolute atomic E-state index is 12.9. The van der Waals surface area contributed by atoms with Crippen LogP contribution in [0.3, 0.4) is 0 Å². The van der Waals surface area contributed by atoms with Gasteiger partial charge in [-0.15, -0.1) is 0 Å². The van der Waals surface area contributed by atoms with Gasteiger partial charge in [0.05, 0.1) is 35.5 Å². The Kier molecular flexibility index (Phi) is 4.43. The van der Waals surface area contributed by atoms with E-state index in [0.29, 0.717) is 17.2 Å². The molecule has 0 spiro atoms. The van der Waals surface area contributed by atoms with E-state index in [0.717, 1.165) is 44.0 Å². The molecule has 4 rings (SSSR count). The molecule has 0 amide bonds. The van der Waals surface area contributed by atoms with Gasteiger partial charge in [-0.2, -0.15) is 13.2 Å². The topological polar surface area (TPSA) is 60.9 Å². The molecule has 27 heavy (non-hydrogen) atoms. The molecule has 140 valence electrons. The maximum Gasteiger partial charge on any atom is 0.416 e. The molecule has 0 saturated carbocycles. The third-order valence-corrected chi connectivity index (χ3v) is 4.55. The molecule has 1 aliphatic heterocycles. The van der Waals surface area contributed by atoms with Gasteiger partial charge in [-0.05, 0) is 12.1 Å². The zero-order valence-electron chi connectivity index (χ0n) is 14.3. The number of aromatic amines is 1. The Morgan fingerprint density at radius 3 is 2.33 bits per heavy atom. The first kappa shape index (κ1) is 17.3. The Morgan fingerprint density at radius 2 is 1.63 bits per heavy atom. The van der Waals surface area contributed by atoms with Gasteiger partial charge in [0, 0.05) is 31.7 Å². The third kappa shape index (κ3) is 3.71. The number of imidazole rings is 1. The molecular weight excluding hydrogens is 357 g/mol. The monoisotopic (exact) mass is 374 g/mol. The lowest BCUT2D eigenvalue weighted by Gasteiger charge is -2.35. The van der Waals surface area contributed by atoms with Crippen LogP contribution in [0, 0.1) is 0 Å². The number of hydrogen-bond donors (Lipinski definition) is 1. The van der Waals surface area contributed by atoms with Crippen LogP contribution >= 0.6 is 0 Å². The molecule has 0 bridgehead atoms. The SMILES string of the molecule is FC(F)(F)c1cccc(-c2cnc(N3CCN(c4cncnc4)CC3)[nH]2)c1. The molecule has 1 aliphatic rings. The molecule has 3 heterocycles. The van der Waals surface area contributed by atoms with Crippen molar-refractivity contribution in [2.24, 2.45) is 0 Å². The molecule has 3 aromatic rings. The number of hydrogen-bond acceptors (Lipinski definition) is 5. The predicted molar refractivity (Wildman–Crippen MR) is 95.5 cm³/mol. The van der Waals surface area contributed by atoms with Gasteiger partial charge in [-0.3, -0.25) is 0 Å². The second-order valence-corrected chi connectivity index (χ2v) is 6.27. The molecule has 0 atom stereocenters. The number of anilines is 2. The van der Waals surface area contributed by atoms with Crippen LogP contribution in [0.25, 0.3) is 11.3 Å². The summed E-state index contributed by atoms with van der Waals surface area (Å²) in [4.78, 5) is 19.8. The summed E-state index contributed by atoms with van der Waals surface area (Å²) in [6.07, 6.45) is 2.26. The third-order valence-electron chi connectivity index (χ3n) is 4.55. The number of nitrogens with one attached hydrogen (secondary N) is 1. The standard InChI is InChI=1S/C18H17F3N6/c19-18(20,21)14-3-1-2-13(8-14)16-11-24-17(25-16)27-6-4-26(5-7-27)15-9-22-12-23-10-15/h1-3,8-12H,4-7H2,(H,24,25). The highest BCUT2D eigenvalue weighted by molar-refractivity contribution is 5.62. The highest BCUT2D eigenvalue weighted by atomic mass is 19.4. The van der Waals surface area contributed by atoms with Gasteiger partial charge in [0.1, 0.15) is 6.33 Å². The van der Waals surface area contributed by atoms with E-state index in [2.05, 4.69) is 29.7 Å². The van der Waals surface area contributed by atoms with Crippen LogP contribution in [0.5, 0.6) is 0 Å². The zero-order valence-corrected chi connectivity index (χ0v) is 14.3. The molecule has 1 N–H and O–H groups in total. The number of piperazine rings is 1. The van der Waals surface area contributed by atoms with Gasteiger partial charge in [-0.25, -0.2) is 15.0 Å². The molecule has 6 nitrogen and oxygen atoms in total. The van der Waals surface area contributed by atoms with Crippen molar-refractivity contribution in [2.45, 2.75) is 6.18 Å². The first-order valence-electron chi connectivity index (χ1n) is 8.48. The average molecular weight is 374 g/mol. The zero-order chi connectivity index (χ0) is 18.9. The highest BCUT2D eigenvalue weighted by Crippen LogP contribution is 2.32. The van der Waals surface area contributed by atoms with Crippen molar-refractivity contribution >= 4 is 11.6 Å².